The average molecular weight is 312 g/mol. The number of hydrogen-bond donors (Lipinski definition) is 3. The summed E-state index contributed by atoms with van der Waals surface area (Å²) in [4.78, 5) is 7.04. The predicted molar refractivity (Wildman–Crippen MR) is 88.6 cm³/mol. The lowest BCUT2D eigenvalue weighted by Crippen LogP contribution is -2.33. The number of hydrogen-bond acceptors (Lipinski definition) is 4. The van der Waals surface area contributed by atoms with E-state index < -0.39 is 5.60 Å². The number of H-pyrrole nitrogens is 1. The largest absolute Gasteiger partial charge is 0.504 e. The molecule has 0 fully saturated rings. The Morgan fingerprint density at radius 2 is 1.96 bits per heavy atom. The van der Waals surface area contributed by atoms with Crippen LogP contribution in [-0.2, 0) is 5.60 Å². The molecule has 2 aromatic carbocycles. The molecule has 1 atom stereocenters. The molecule has 0 amide bonds. The van der Waals surface area contributed by atoms with E-state index in [2.05, 4.69) is 9.97 Å². The van der Waals surface area contributed by atoms with Gasteiger partial charge in [0.25, 0.3) is 0 Å². The first-order chi connectivity index (χ1) is 11.0. The lowest BCUT2D eigenvalue weighted by atomic mass is 9.80. The van der Waals surface area contributed by atoms with Crippen LogP contribution in [0.25, 0.3) is 10.8 Å². The van der Waals surface area contributed by atoms with Gasteiger partial charge in [0.05, 0.1) is 25.3 Å². The minimum atomic E-state index is -1.17. The number of benzene rings is 2. The second-order valence-corrected chi connectivity index (χ2v) is 5.97. The summed E-state index contributed by atoms with van der Waals surface area (Å²) in [6, 6.07) is 9.09. The minimum absolute atomic E-state index is 0.0561. The van der Waals surface area contributed by atoms with Crippen molar-refractivity contribution in [3.05, 3.63) is 54.1 Å². The summed E-state index contributed by atoms with van der Waals surface area (Å²) in [6.45, 7) is 3.92. The van der Waals surface area contributed by atoms with E-state index in [1.165, 1.54) is 7.11 Å². The number of imidazole rings is 1. The fourth-order valence-corrected chi connectivity index (χ4v) is 2.93. The van der Waals surface area contributed by atoms with Gasteiger partial charge < -0.3 is 19.9 Å². The normalized spacial score (nSPS) is 14.1. The minimum Gasteiger partial charge on any atom is -0.504 e. The van der Waals surface area contributed by atoms with Crippen molar-refractivity contribution in [1.82, 2.24) is 9.97 Å². The SMILES string of the molecule is COc1cc2cc(C(O)(c3cnc[nH]3)C(C)C)ccc2cc1O. The van der Waals surface area contributed by atoms with Gasteiger partial charge in [0, 0.05) is 0 Å². The number of methoxy groups -OCH3 is 1. The van der Waals surface area contributed by atoms with Crippen LogP contribution in [0.4, 0.5) is 0 Å². The van der Waals surface area contributed by atoms with Crippen LogP contribution >= 0.6 is 0 Å². The molecular formula is C18H20N2O3. The highest BCUT2D eigenvalue weighted by Gasteiger charge is 2.36. The highest BCUT2D eigenvalue weighted by atomic mass is 16.5. The number of aromatic hydroxyl groups is 1. The van der Waals surface area contributed by atoms with Gasteiger partial charge in [0.15, 0.2) is 11.5 Å². The van der Waals surface area contributed by atoms with Crippen LogP contribution in [0.5, 0.6) is 11.5 Å². The van der Waals surface area contributed by atoms with E-state index in [0.717, 1.165) is 16.3 Å². The van der Waals surface area contributed by atoms with Gasteiger partial charge in [-0.2, -0.15) is 0 Å². The second-order valence-electron chi connectivity index (χ2n) is 5.97. The monoisotopic (exact) mass is 312 g/mol. The van der Waals surface area contributed by atoms with Crippen LogP contribution < -0.4 is 4.74 Å². The molecule has 0 saturated carbocycles. The van der Waals surface area contributed by atoms with Gasteiger partial charge in [0.1, 0.15) is 5.60 Å². The average Bonchev–Trinajstić information content (AvgIpc) is 3.07. The number of rotatable bonds is 4. The van der Waals surface area contributed by atoms with Crippen molar-refractivity contribution in [3.63, 3.8) is 0 Å². The van der Waals surface area contributed by atoms with Crippen molar-refractivity contribution < 1.29 is 14.9 Å². The number of ether oxygens (including phenoxy) is 1. The molecule has 0 aliphatic rings. The van der Waals surface area contributed by atoms with Crippen molar-refractivity contribution >= 4 is 10.8 Å². The quantitative estimate of drug-likeness (QED) is 0.691. The number of nitrogens with one attached hydrogen (secondary N) is 1. The van der Waals surface area contributed by atoms with Crippen LogP contribution in [0.3, 0.4) is 0 Å². The Labute approximate surface area is 134 Å². The smallest absolute Gasteiger partial charge is 0.161 e. The van der Waals surface area contributed by atoms with E-state index in [0.29, 0.717) is 11.4 Å². The van der Waals surface area contributed by atoms with Crippen molar-refractivity contribution in [1.29, 1.82) is 0 Å². The summed E-state index contributed by atoms with van der Waals surface area (Å²) in [5, 5.41) is 23.0. The molecule has 5 nitrogen and oxygen atoms in total. The zero-order valence-electron chi connectivity index (χ0n) is 13.4. The first kappa shape index (κ1) is 15.4. The summed E-state index contributed by atoms with van der Waals surface area (Å²) < 4.78 is 5.17. The molecule has 0 aliphatic heterocycles. The highest BCUT2D eigenvalue weighted by Crippen LogP contribution is 2.38. The number of fused-ring (bicyclic) bond motifs is 1. The maximum absolute atomic E-state index is 11.3. The first-order valence-corrected chi connectivity index (χ1v) is 7.49. The Kier molecular flexibility index (Phi) is 3.74. The van der Waals surface area contributed by atoms with E-state index in [4.69, 9.17) is 4.74 Å². The van der Waals surface area contributed by atoms with Gasteiger partial charge in [-0.1, -0.05) is 26.0 Å². The summed E-state index contributed by atoms with van der Waals surface area (Å²) in [5.41, 5.74) is 0.241. The van der Waals surface area contributed by atoms with Crippen LogP contribution in [0.2, 0.25) is 0 Å². The summed E-state index contributed by atoms with van der Waals surface area (Å²) >= 11 is 0. The van der Waals surface area contributed by atoms with Gasteiger partial charge in [-0.3, -0.25) is 0 Å². The molecule has 1 aromatic heterocycles. The van der Waals surface area contributed by atoms with E-state index in [1.54, 1.807) is 24.7 Å². The van der Waals surface area contributed by atoms with E-state index in [1.807, 2.05) is 32.0 Å². The molecule has 0 radical (unpaired) electrons. The van der Waals surface area contributed by atoms with Crippen LogP contribution in [0.1, 0.15) is 25.1 Å². The summed E-state index contributed by atoms with van der Waals surface area (Å²) in [5.74, 6) is 0.448. The van der Waals surface area contributed by atoms with Crippen molar-refractivity contribution in [3.8, 4) is 11.5 Å². The molecule has 0 bridgehead atoms. The molecule has 23 heavy (non-hydrogen) atoms. The topological polar surface area (TPSA) is 78.4 Å². The molecule has 120 valence electrons. The maximum atomic E-state index is 11.3. The van der Waals surface area contributed by atoms with Crippen LogP contribution in [0, 0.1) is 5.92 Å². The number of phenolic OH excluding ortho intramolecular Hbond substituents is 1. The number of aliphatic hydroxyl groups is 1. The van der Waals surface area contributed by atoms with E-state index in [-0.39, 0.29) is 11.7 Å². The van der Waals surface area contributed by atoms with Crippen molar-refractivity contribution in [2.24, 2.45) is 5.92 Å². The molecule has 3 N–H and O–H groups in total. The van der Waals surface area contributed by atoms with Crippen molar-refractivity contribution in [2.45, 2.75) is 19.4 Å². The lowest BCUT2D eigenvalue weighted by molar-refractivity contribution is 0.0281. The van der Waals surface area contributed by atoms with E-state index >= 15 is 0 Å². The Balaban J connectivity index is 2.20. The number of phenols is 1. The molecule has 0 aliphatic carbocycles. The standard InChI is InChI=1S/C18H20N2O3/c1-11(2)18(22,17-9-19-10-20-17)14-5-4-12-7-15(21)16(23-3)8-13(12)6-14/h4-11,21-22H,1-3H3,(H,19,20). The fourth-order valence-electron chi connectivity index (χ4n) is 2.93. The number of aromatic nitrogens is 2. The van der Waals surface area contributed by atoms with Gasteiger partial charge >= 0.3 is 0 Å². The first-order valence-electron chi connectivity index (χ1n) is 7.49. The lowest BCUT2D eigenvalue weighted by Gasteiger charge is -2.32. The van der Waals surface area contributed by atoms with Crippen molar-refractivity contribution in [2.75, 3.05) is 7.11 Å². The summed E-state index contributed by atoms with van der Waals surface area (Å²) in [7, 11) is 1.51. The fraction of sp³-hybridized carbons (Fsp3) is 0.278. The van der Waals surface area contributed by atoms with Gasteiger partial charge in [-0.05, 0) is 40.5 Å². The summed E-state index contributed by atoms with van der Waals surface area (Å²) in [6.07, 6.45) is 3.20. The third kappa shape index (κ3) is 2.43. The molecule has 0 spiro atoms. The van der Waals surface area contributed by atoms with Crippen LogP contribution in [0.15, 0.2) is 42.9 Å². The Morgan fingerprint density at radius 1 is 1.17 bits per heavy atom. The number of aromatic amines is 1. The Morgan fingerprint density at radius 3 is 2.57 bits per heavy atom. The van der Waals surface area contributed by atoms with E-state index in [9.17, 15) is 10.2 Å². The number of nitrogens with zero attached hydrogens (tertiary/aromatic N) is 1. The van der Waals surface area contributed by atoms with Crippen LogP contribution in [-0.4, -0.2) is 27.3 Å². The van der Waals surface area contributed by atoms with Gasteiger partial charge in [-0.25, -0.2) is 4.98 Å². The van der Waals surface area contributed by atoms with Gasteiger partial charge in [0.2, 0.25) is 0 Å². The molecule has 3 rings (SSSR count). The highest BCUT2D eigenvalue weighted by molar-refractivity contribution is 5.87. The molecule has 3 aromatic rings. The maximum Gasteiger partial charge on any atom is 0.161 e. The molecule has 1 unspecified atom stereocenters. The molecular weight excluding hydrogens is 292 g/mol. The van der Waals surface area contributed by atoms with Gasteiger partial charge in [-0.15, -0.1) is 0 Å². The Bertz CT molecular complexity index is 828. The second kappa shape index (κ2) is 5.59. The predicted octanol–water partition coefficient (Wildman–Crippen LogP) is 3.17. The molecule has 5 heteroatoms. The Hall–Kier alpha value is -2.53. The molecule has 1 heterocycles. The zero-order chi connectivity index (χ0) is 16.6. The molecule has 0 saturated heterocycles. The zero-order valence-corrected chi connectivity index (χ0v) is 13.4. The third-order valence-corrected chi connectivity index (χ3v) is 4.32. The third-order valence-electron chi connectivity index (χ3n) is 4.32.